The smallest absolute Gasteiger partial charge is 0.212 e. The molecule has 0 aromatic carbocycles. The number of hydrogen-bond donors (Lipinski definition) is 3. The zero-order valence-corrected chi connectivity index (χ0v) is 11.5. The molecule has 17 heavy (non-hydrogen) atoms. The van der Waals surface area contributed by atoms with Crippen LogP contribution in [0, 0.1) is 5.92 Å². The molecule has 7 heteroatoms. The Balaban J connectivity index is 4.53. The highest BCUT2D eigenvalue weighted by Gasteiger charge is 2.20. The molecule has 0 rings (SSSR count). The number of nitrogens with one attached hydrogen (secondary N) is 1. The zero-order chi connectivity index (χ0) is 13.5. The fourth-order valence-electron chi connectivity index (χ4n) is 1.29. The lowest BCUT2D eigenvalue weighted by molar-refractivity contribution is 0.315. The third-order valence-electron chi connectivity index (χ3n) is 2.34. The Morgan fingerprint density at radius 3 is 2.41 bits per heavy atom. The van der Waals surface area contributed by atoms with E-state index in [0.717, 1.165) is 6.42 Å². The van der Waals surface area contributed by atoms with E-state index in [2.05, 4.69) is 9.88 Å². The van der Waals surface area contributed by atoms with Gasteiger partial charge in [0.2, 0.25) is 10.0 Å². The molecule has 0 radical (unpaired) electrons. The van der Waals surface area contributed by atoms with Crippen LogP contribution in [0.5, 0.6) is 0 Å². The molecule has 0 spiro atoms. The number of nitrogens with zero attached hydrogens (tertiary/aromatic N) is 1. The van der Waals surface area contributed by atoms with Gasteiger partial charge < -0.3 is 10.9 Å². The van der Waals surface area contributed by atoms with Gasteiger partial charge in [0, 0.05) is 0 Å². The van der Waals surface area contributed by atoms with Crippen LogP contribution in [0.2, 0.25) is 0 Å². The van der Waals surface area contributed by atoms with Crippen molar-refractivity contribution in [1.82, 2.24) is 4.72 Å². The normalized spacial score (nSPS) is 15.2. The van der Waals surface area contributed by atoms with Crippen molar-refractivity contribution >= 4 is 15.9 Å². The SMILES string of the molecule is CCCC(NS(=O)(=O)CCC(C)C)C(N)=NO. The maximum absolute atomic E-state index is 11.7. The molecule has 0 heterocycles. The van der Waals surface area contributed by atoms with Gasteiger partial charge in [0.05, 0.1) is 11.8 Å². The zero-order valence-electron chi connectivity index (χ0n) is 10.7. The fraction of sp³-hybridized carbons (Fsp3) is 0.900. The van der Waals surface area contributed by atoms with E-state index in [0.29, 0.717) is 18.8 Å². The van der Waals surface area contributed by atoms with Crippen molar-refractivity contribution in [2.24, 2.45) is 16.8 Å². The number of sulfonamides is 1. The van der Waals surface area contributed by atoms with Crippen LogP contribution in [0.25, 0.3) is 0 Å². The third kappa shape index (κ3) is 7.17. The topological polar surface area (TPSA) is 105 Å². The molecular weight excluding hydrogens is 242 g/mol. The maximum atomic E-state index is 11.7. The first-order valence-electron chi connectivity index (χ1n) is 5.79. The van der Waals surface area contributed by atoms with Crippen molar-refractivity contribution < 1.29 is 13.6 Å². The highest BCUT2D eigenvalue weighted by molar-refractivity contribution is 7.89. The van der Waals surface area contributed by atoms with Crippen LogP contribution < -0.4 is 10.5 Å². The summed E-state index contributed by atoms with van der Waals surface area (Å²) in [5.74, 6) is 0.281. The Morgan fingerprint density at radius 2 is 2.00 bits per heavy atom. The van der Waals surface area contributed by atoms with Gasteiger partial charge in [-0.15, -0.1) is 0 Å². The molecule has 102 valence electrons. The Hall–Kier alpha value is -0.820. The van der Waals surface area contributed by atoms with E-state index < -0.39 is 16.1 Å². The lowest BCUT2D eigenvalue weighted by Crippen LogP contribution is -2.45. The first-order chi connectivity index (χ1) is 7.82. The summed E-state index contributed by atoms with van der Waals surface area (Å²) in [5.41, 5.74) is 5.44. The minimum atomic E-state index is -3.38. The summed E-state index contributed by atoms with van der Waals surface area (Å²) < 4.78 is 25.9. The van der Waals surface area contributed by atoms with Crippen molar-refractivity contribution in [2.75, 3.05) is 5.75 Å². The van der Waals surface area contributed by atoms with Gasteiger partial charge in [-0.05, 0) is 18.8 Å². The first-order valence-corrected chi connectivity index (χ1v) is 7.45. The van der Waals surface area contributed by atoms with Crippen LogP contribution >= 0.6 is 0 Å². The molecule has 0 saturated carbocycles. The Labute approximate surface area is 103 Å². The second-order valence-electron chi connectivity index (χ2n) is 4.49. The lowest BCUT2D eigenvalue weighted by Gasteiger charge is -2.17. The van der Waals surface area contributed by atoms with E-state index in [-0.39, 0.29) is 11.6 Å². The monoisotopic (exact) mass is 265 g/mol. The molecule has 6 nitrogen and oxygen atoms in total. The molecule has 0 saturated heterocycles. The average Bonchev–Trinajstić information content (AvgIpc) is 2.25. The van der Waals surface area contributed by atoms with E-state index in [1.165, 1.54) is 0 Å². The van der Waals surface area contributed by atoms with Crippen LogP contribution in [-0.2, 0) is 10.0 Å². The van der Waals surface area contributed by atoms with E-state index in [1.807, 2.05) is 20.8 Å². The Bertz CT molecular complexity index is 339. The summed E-state index contributed by atoms with van der Waals surface area (Å²) in [6, 6.07) is -0.623. The molecule has 1 atom stereocenters. The van der Waals surface area contributed by atoms with Crippen molar-refractivity contribution in [3.63, 3.8) is 0 Å². The average molecular weight is 265 g/mol. The summed E-state index contributed by atoms with van der Waals surface area (Å²) >= 11 is 0. The quantitative estimate of drug-likeness (QED) is 0.262. The van der Waals surface area contributed by atoms with Gasteiger partial charge in [-0.25, -0.2) is 13.1 Å². The second kappa shape index (κ2) is 7.50. The molecule has 0 aliphatic heterocycles. The largest absolute Gasteiger partial charge is 0.409 e. The van der Waals surface area contributed by atoms with E-state index in [9.17, 15) is 8.42 Å². The van der Waals surface area contributed by atoms with Gasteiger partial charge in [0.25, 0.3) is 0 Å². The Kier molecular flexibility index (Phi) is 7.13. The Morgan fingerprint density at radius 1 is 1.41 bits per heavy atom. The van der Waals surface area contributed by atoms with Crippen molar-refractivity contribution in [2.45, 2.75) is 46.1 Å². The van der Waals surface area contributed by atoms with E-state index in [4.69, 9.17) is 10.9 Å². The molecule has 0 amide bonds. The number of rotatable bonds is 8. The standard InChI is InChI=1S/C10H23N3O3S/c1-4-5-9(10(11)12-14)13-17(15,16)7-6-8(2)3/h8-9,13-14H,4-7H2,1-3H3,(H2,11,12). The maximum Gasteiger partial charge on any atom is 0.212 e. The molecule has 0 aromatic rings. The van der Waals surface area contributed by atoms with Crippen LogP contribution in [0.1, 0.15) is 40.0 Å². The van der Waals surface area contributed by atoms with Gasteiger partial charge in [-0.3, -0.25) is 0 Å². The number of hydrogen-bond acceptors (Lipinski definition) is 4. The number of nitrogens with two attached hydrogens (primary N) is 1. The van der Waals surface area contributed by atoms with Gasteiger partial charge in [0.15, 0.2) is 5.84 Å². The summed E-state index contributed by atoms with van der Waals surface area (Å²) in [7, 11) is -3.38. The van der Waals surface area contributed by atoms with Crippen LogP contribution in [0.4, 0.5) is 0 Å². The molecule has 0 aromatic heterocycles. The summed E-state index contributed by atoms with van der Waals surface area (Å²) in [6.07, 6.45) is 1.84. The predicted molar refractivity (Wildman–Crippen MR) is 68.5 cm³/mol. The molecule has 0 aliphatic rings. The second-order valence-corrected chi connectivity index (χ2v) is 6.36. The van der Waals surface area contributed by atoms with Gasteiger partial charge in [-0.2, -0.15) is 0 Å². The highest BCUT2D eigenvalue weighted by Crippen LogP contribution is 2.05. The minimum absolute atomic E-state index is 0.0591. The van der Waals surface area contributed by atoms with Crippen LogP contribution in [0.3, 0.4) is 0 Å². The predicted octanol–water partition coefficient (Wildman–Crippen LogP) is 0.867. The molecule has 4 N–H and O–H groups in total. The molecule has 0 bridgehead atoms. The third-order valence-corrected chi connectivity index (χ3v) is 3.75. The molecule has 0 aliphatic carbocycles. The van der Waals surface area contributed by atoms with E-state index in [1.54, 1.807) is 0 Å². The molecular formula is C10H23N3O3S. The first kappa shape index (κ1) is 16.2. The minimum Gasteiger partial charge on any atom is -0.409 e. The van der Waals surface area contributed by atoms with Gasteiger partial charge >= 0.3 is 0 Å². The summed E-state index contributed by atoms with van der Waals surface area (Å²) in [6.45, 7) is 5.82. The van der Waals surface area contributed by atoms with Crippen molar-refractivity contribution in [1.29, 1.82) is 0 Å². The van der Waals surface area contributed by atoms with Crippen LogP contribution in [-0.4, -0.2) is 31.3 Å². The summed E-state index contributed by atoms with van der Waals surface area (Å²) in [4.78, 5) is 0. The highest BCUT2D eigenvalue weighted by atomic mass is 32.2. The van der Waals surface area contributed by atoms with Crippen molar-refractivity contribution in [3.8, 4) is 0 Å². The van der Waals surface area contributed by atoms with Crippen LogP contribution in [0.15, 0.2) is 5.16 Å². The fourth-order valence-corrected chi connectivity index (χ4v) is 2.86. The molecule has 1 unspecified atom stereocenters. The number of oxime groups is 1. The van der Waals surface area contributed by atoms with E-state index >= 15 is 0 Å². The molecule has 0 fully saturated rings. The van der Waals surface area contributed by atoms with Gasteiger partial charge in [-0.1, -0.05) is 32.3 Å². The lowest BCUT2D eigenvalue weighted by atomic mass is 10.2. The summed E-state index contributed by atoms with van der Waals surface area (Å²) in [5, 5.41) is 11.4. The van der Waals surface area contributed by atoms with Gasteiger partial charge in [0.1, 0.15) is 0 Å². The van der Waals surface area contributed by atoms with Crippen molar-refractivity contribution in [3.05, 3.63) is 0 Å². The number of amidine groups is 1.